The zero-order chi connectivity index (χ0) is 15.3. The molecule has 1 unspecified atom stereocenters. The molecule has 0 bridgehead atoms. The first-order valence-corrected chi connectivity index (χ1v) is 6.79. The topological polar surface area (TPSA) is 73.9 Å². The summed E-state index contributed by atoms with van der Waals surface area (Å²) in [4.78, 5) is 21.7. The van der Waals surface area contributed by atoms with E-state index >= 15 is 0 Å². The number of hydrogen-bond donors (Lipinski definition) is 1. The van der Waals surface area contributed by atoms with Crippen LogP contribution >= 0.6 is 0 Å². The number of alkyl carbamates (subject to hydrolysis) is 1. The van der Waals surface area contributed by atoms with Gasteiger partial charge in [0.25, 0.3) is 12.3 Å². The number of fused-ring (bicyclic) bond motifs is 1. The summed E-state index contributed by atoms with van der Waals surface area (Å²) in [5.41, 5.74) is 2.52. The Morgan fingerprint density at radius 1 is 1.43 bits per heavy atom. The number of benzene rings is 1. The van der Waals surface area contributed by atoms with Crippen LogP contribution in [0, 0.1) is 0 Å². The van der Waals surface area contributed by atoms with E-state index in [0.29, 0.717) is 13.2 Å². The SMILES string of the molecule is CC(C)(OC=O)OC(=O)NCCOC1Cc2ccccc21. The van der Waals surface area contributed by atoms with Crippen LogP contribution in [-0.2, 0) is 25.4 Å². The number of rotatable bonds is 7. The molecule has 6 nitrogen and oxygen atoms in total. The third-order valence-corrected chi connectivity index (χ3v) is 3.17. The summed E-state index contributed by atoms with van der Waals surface area (Å²) in [6.45, 7) is 3.91. The minimum absolute atomic E-state index is 0.105. The summed E-state index contributed by atoms with van der Waals surface area (Å²) >= 11 is 0. The summed E-state index contributed by atoms with van der Waals surface area (Å²) in [6.07, 6.45) is 0.356. The largest absolute Gasteiger partial charge is 0.425 e. The van der Waals surface area contributed by atoms with E-state index in [1.54, 1.807) is 0 Å². The lowest BCUT2D eigenvalue weighted by molar-refractivity contribution is -0.179. The molecule has 1 aliphatic rings. The molecular formula is C15H19NO5. The van der Waals surface area contributed by atoms with Gasteiger partial charge in [-0.25, -0.2) is 4.79 Å². The normalized spacial score (nSPS) is 16.4. The molecular weight excluding hydrogens is 274 g/mol. The van der Waals surface area contributed by atoms with E-state index in [4.69, 9.17) is 9.47 Å². The van der Waals surface area contributed by atoms with Crippen molar-refractivity contribution >= 4 is 12.6 Å². The second-order valence-corrected chi connectivity index (χ2v) is 5.19. The average molecular weight is 293 g/mol. The summed E-state index contributed by atoms with van der Waals surface area (Å²) in [7, 11) is 0. The molecule has 0 aliphatic heterocycles. The van der Waals surface area contributed by atoms with E-state index in [0.717, 1.165) is 6.42 Å². The lowest BCUT2D eigenvalue weighted by Gasteiger charge is -2.30. The molecule has 1 aliphatic carbocycles. The van der Waals surface area contributed by atoms with E-state index in [2.05, 4.69) is 16.1 Å². The van der Waals surface area contributed by atoms with Crippen molar-refractivity contribution in [3.63, 3.8) is 0 Å². The smallest absolute Gasteiger partial charge is 0.410 e. The number of ether oxygens (including phenoxy) is 3. The van der Waals surface area contributed by atoms with Crippen molar-refractivity contribution in [2.24, 2.45) is 0 Å². The number of carbonyl (C=O) groups excluding carboxylic acids is 2. The van der Waals surface area contributed by atoms with E-state index in [1.807, 2.05) is 18.2 Å². The summed E-state index contributed by atoms with van der Waals surface area (Å²) < 4.78 is 15.2. The van der Waals surface area contributed by atoms with Crippen molar-refractivity contribution in [1.29, 1.82) is 0 Å². The van der Waals surface area contributed by atoms with Crippen LogP contribution in [0.2, 0.25) is 0 Å². The van der Waals surface area contributed by atoms with Crippen molar-refractivity contribution in [2.45, 2.75) is 32.2 Å². The van der Waals surface area contributed by atoms with Gasteiger partial charge in [0, 0.05) is 26.8 Å². The molecule has 2 rings (SSSR count). The Labute approximate surface area is 123 Å². The predicted molar refractivity (Wildman–Crippen MR) is 74.6 cm³/mol. The van der Waals surface area contributed by atoms with Crippen LogP contribution in [0.25, 0.3) is 0 Å². The third kappa shape index (κ3) is 4.19. The first kappa shape index (κ1) is 15.3. The molecule has 0 radical (unpaired) electrons. The van der Waals surface area contributed by atoms with Crippen molar-refractivity contribution < 1.29 is 23.8 Å². The van der Waals surface area contributed by atoms with Crippen LogP contribution in [0.15, 0.2) is 24.3 Å². The molecule has 1 aromatic carbocycles. The molecule has 0 heterocycles. The Balaban J connectivity index is 1.63. The van der Waals surface area contributed by atoms with E-state index < -0.39 is 11.9 Å². The van der Waals surface area contributed by atoms with Gasteiger partial charge in [0.2, 0.25) is 0 Å². The molecule has 114 valence electrons. The maximum absolute atomic E-state index is 11.5. The fourth-order valence-corrected chi connectivity index (χ4v) is 2.12. The molecule has 1 atom stereocenters. The first-order chi connectivity index (χ1) is 10.0. The highest BCUT2D eigenvalue weighted by atomic mass is 16.7. The zero-order valence-corrected chi connectivity index (χ0v) is 12.1. The van der Waals surface area contributed by atoms with Gasteiger partial charge in [0.05, 0.1) is 12.7 Å². The minimum atomic E-state index is -1.28. The average Bonchev–Trinajstić information content (AvgIpc) is 2.38. The van der Waals surface area contributed by atoms with Crippen molar-refractivity contribution in [1.82, 2.24) is 5.32 Å². The maximum atomic E-state index is 11.5. The van der Waals surface area contributed by atoms with Crippen molar-refractivity contribution in [3.8, 4) is 0 Å². The fourth-order valence-electron chi connectivity index (χ4n) is 2.12. The number of hydrogen-bond acceptors (Lipinski definition) is 5. The van der Waals surface area contributed by atoms with Gasteiger partial charge in [-0.2, -0.15) is 0 Å². The standard InChI is InChI=1S/C15H19NO5/c1-15(2,20-10-17)21-14(18)16-7-8-19-13-9-11-5-3-4-6-12(11)13/h3-6,10,13H,7-9H2,1-2H3,(H,16,18). The second-order valence-electron chi connectivity index (χ2n) is 5.19. The minimum Gasteiger partial charge on any atom is -0.425 e. The van der Waals surface area contributed by atoms with E-state index in [9.17, 15) is 9.59 Å². The third-order valence-electron chi connectivity index (χ3n) is 3.17. The molecule has 6 heteroatoms. The number of carbonyl (C=O) groups is 2. The Hall–Kier alpha value is -2.08. The predicted octanol–water partition coefficient (Wildman–Crippen LogP) is 1.94. The van der Waals surface area contributed by atoms with Crippen LogP contribution in [0.5, 0.6) is 0 Å². The zero-order valence-electron chi connectivity index (χ0n) is 12.1. The van der Waals surface area contributed by atoms with Crippen LogP contribution in [0.1, 0.15) is 31.1 Å². The summed E-state index contributed by atoms with van der Waals surface area (Å²) in [6, 6.07) is 8.12. The molecule has 1 aromatic rings. The highest BCUT2D eigenvalue weighted by Crippen LogP contribution is 2.35. The fraction of sp³-hybridized carbons (Fsp3) is 0.467. The van der Waals surface area contributed by atoms with Crippen LogP contribution in [-0.4, -0.2) is 31.5 Å². The molecule has 0 aromatic heterocycles. The molecule has 0 saturated carbocycles. The maximum Gasteiger partial charge on any atom is 0.410 e. The quantitative estimate of drug-likeness (QED) is 0.472. The van der Waals surface area contributed by atoms with Gasteiger partial charge in [0.1, 0.15) is 0 Å². The Morgan fingerprint density at radius 2 is 2.19 bits per heavy atom. The summed E-state index contributed by atoms with van der Waals surface area (Å²) in [5, 5.41) is 2.54. The first-order valence-electron chi connectivity index (χ1n) is 6.79. The van der Waals surface area contributed by atoms with Crippen molar-refractivity contribution in [3.05, 3.63) is 35.4 Å². The lowest BCUT2D eigenvalue weighted by atomic mass is 9.85. The molecule has 0 spiro atoms. The van der Waals surface area contributed by atoms with Gasteiger partial charge in [0.15, 0.2) is 0 Å². The molecule has 0 saturated heterocycles. The van der Waals surface area contributed by atoms with Gasteiger partial charge < -0.3 is 19.5 Å². The van der Waals surface area contributed by atoms with Gasteiger partial charge in [-0.1, -0.05) is 24.3 Å². The highest BCUT2D eigenvalue weighted by molar-refractivity contribution is 5.67. The van der Waals surface area contributed by atoms with Crippen LogP contribution in [0.3, 0.4) is 0 Å². The second kappa shape index (κ2) is 6.58. The van der Waals surface area contributed by atoms with Crippen LogP contribution in [0.4, 0.5) is 4.79 Å². The lowest BCUT2D eigenvalue weighted by Crippen LogP contribution is -2.38. The van der Waals surface area contributed by atoms with E-state index in [1.165, 1.54) is 25.0 Å². The van der Waals surface area contributed by atoms with Gasteiger partial charge in [-0.05, 0) is 11.1 Å². The molecule has 21 heavy (non-hydrogen) atoms. The Bertz CT molecular complexity index is 515. The molecule has 0 fully saturated rings. The monoisotopic (exact) mass is 293 g/mol. The number of nitrogens with one attached hydrogen (secondary N) is 1. The molecule has 1 N–H and O–H groups in total. The van der Waals surface area contributed by atoms with Crippen molar-refractivity contribution in [2.75, 3.05) is 13.2 Å². The van der Waals surface area contributed by atoms with Crippen LogP contribution < -0.4 is 5.32 Å². The van der Waals surface area contributed by atoms with Gasteiger partial charge in [-0.3, -0.25) is 4.79 Å². The Morgan fingerprint density at radius 3 is 2.90 bits per heavy atom. The number of amides is 1. The van der Waals surface area contributed by atoms with Gasteiger partial charge in [-0.15, -0.1) is 0 Å². The highest BCUT2D eigenvalue weighted by Gasteiger charge is 2.26. The molecule has 1 amide bonds. The Kier molecular flexibility index (Phi) is 4.80. The van der Waals surface area contributed by atoms with E-state index in [-0.39, 0.29) is 12.6 Å². The summed E-state index contributed by atoms with van der Waals surface area (Å²) in [5.74, 6) is -1.28. The van der Waals surface area contributed by atoms with Gasteiger partial charge >= 0.3 is 6.09 Å².